The molecule has 0 N–H and O–H groups in total. The molecule has 6 heteroatoms. The molecule has 1 fully saturated rings. The van der Waals surface area contributed by atoms with Crippen LogP contribution in [0, 0.1) is 6.92 Å². The summed E-state index contributed by atoms with van der Waals surface area (Å²) in [6.07, 6.45) is -4.23. The molecule has 0 radical (unpaired) electrons. The Labute approximate surface area is 121 Å². The van der Waals surface area contributed by atoms with E-state index in [-0.39, 0.29) is 30.0 Å². The maximum atomic E-state index is 13.4. The maximum absolute atomic E-state index is 13.4. The summed E-state index contributed by atoms with van der Waals surface area (Å²) in [5.74, 6) is 0.216. The number of ether oxygens (including phenoxy) is 1. The van der Waals surface area contributed by atoms with Crippen molar-refractivity contribution in [2.75, 3.05) is 20.2 Å². The molecule has 0 amide bonds. The second-order valence-electron chi connectivity index (χ2n) is 5.40. The van der Waals surface area contributed by atoms with E-state index in [0.29, 0.717) is 19.4 Å². The van der Waals surface area contributed by atoms with Crippen LogP contribution >= 0.6 is 0 Å². The molecule has 1 aliphatic heterocycles. The standard InChI is InChI=1S/C15H19F4NO/c1-10-13(21-2)6-5-11(14(10)15(17,18)19)8-20-7-3-4-12(16)9-20/h5-6,12H,3-4,7-9H2,1-2H3. The number of benzene rings is 1. The highest BCUT2D eigenvalue weighted by Gasteiger charge is 2.36. The Morgan fingerprint density at radius 1 is 1.33 bits per heavy atom. The summed E-state index contributed by atoms with van der Waals surface area (Å²) >= 11 is 0. The summed E-state index contributed by atoms with van der Waals surface area (Å²) in [4.78, 5) is 1.74. The van der Waals surface area contributed by atoms with Crippen molar-refractivity contribution in [1.29, 1.82) is 0 Å². The molecule has 2 rings (SSSR count). The van der Waals surface area contributed by atoms with Crippen LogP contribution in [0.4, 0.5) is 17.6 Å². The van der Waals surface area contributed by atoms with Gasteiger partial charge in [-0.2, -0.15) is 13.2 Å². The first-order chi connectivity index (χ1) is 9.82. The normalized spacial score (nSPS) is 20.6. The summed E-state index contributed by atoms with van der Waals surface area (Å²) < 4.78 is 58.3. The summed E-state index contributed by atoms with van der Waals surface area (Å²) in [7, 11) is 1.35. The van der Waals surface area contributed by atoms with E-state index in [1.165, 1.54) is 26.2 Å². The Morgan fingerprint density at radius 3 is 2.62 bits per heavy atom. The third-order valence-corrected chi connectivity index (χ3v) is 3.85. The lowest BCUT2D eigenvalue weighted by atomic mass is 9.99. The van der Waals surface area contributed by atoms with Gasteiger partial charge in [0.25, 0.3) is 0 Å². The number of methoxy groups -OCH3 is 1. The molecule has 1 aromatic rings. The minimum atomic E-state index is -4.45. The van der Waals surface area contributed by atoms with Gasteiger partial charge in [-0.25, -0.2) is 4.39 Å². The zero-order valence-electron chi connectivity index (χ0n) is 12.1. The number of nitrogens with zero attached hydrogens (tertiary/aromatic N) is 1. The maximum Gasteiger partial charge on any atom is 0.417 e. The van der Waals surface area contributed by atoms with Gasteiger partial charge in [0.05, 0.1) is 12.7 Å². The number of likely N-dealkylation sites (tertiary alicyclic amines) is 1. The third kappa shape index (κ3) is 3.67. The molecule has 0 aromatic heterocycles. The minimum absolute atomic E-state index is 0.0799. The van der Waals surface area contributed by atoms with Gasteiger partial charge in [-0.15, -0.1) is 0 Å². The Morgan fingerprint density at radius 2 is 2.05 bits per heavy atom. The van der Waals surface area contributed by atoms with Crippen molar-refractivity contribution in [3.63, 3.8) is 0 Å². The van der Waals surface area contributed by atoms with Gasteiger partial charge < -0.3 is 4.74 Å². The van der Waals surface area contributed by atoms with Crippen LogP contribution in [0.15, 0.2) is 12.1 Å². The van der Waals surface area contributed by atoms with Crippen molar-refractivity contribution in [3.8, 4) is 5.75 Å². The minimum Gasteiger partial charge on any atom is -0.496 e. The number of alkyl halides is 4. The van der Waals surface area contributed by atoms with Crippen molar-refractivity contribution in [2.45, 2.75) is 38.7 Å². The Kier molecular flexibility index (Phi) is 4.76. The summed E-state index contributed by atoms with van der Waals surface area (Å²) in [5, 5.41) is 0. The lowest BCUT2D eigenvalue weighted by molar-refractivity contribution is -0.139. The molecule has 21 heavy (non-hydrogen) atoms. The first-order valence-electron chi connectivity index (χ1n) is 6.93. The summed E-state index contributed by atoms with van der Waals surface area (Å²) in [6.45, 7) is 2.34. The summed E-state index contributed by atoms with van der Waals surface area (Å²) in [6, 6.07) is 2.97. The van der Waals surface area contributed by atoms with Crippen LogP contribution < -0.4 is 4.74 Å². The van der Waals surface area contributed by atoms with Gasteiger partial charge in [0.2, 0.25) is 0 Å². The lowest BCUT2D eigenvalue weighted by Gasteiger charge is -2.30. The molecular formula is C15H19F4NO. The summed E-state index contributed by atoms with van der Waals surface area (Å²) in [5.41, 5.74) is -0.408. The fourth-order valence-corrected chi connectivity index (χ4v) is 2.88. The van der Waals surface area contributed by atoms with Gasteiger partial charge in [0.1, 0.15) is 11.9 Å². The van der Waals surface area contributed by atoms with Crippen molar-refractivity contribution in [3.05, 3.63) is 28.8 Å². The number of halogens is 4. The molecule has 0 aliphatic carbocycles. The fraction of sp³-hybridized carbons (Fsp3) is 0.600. The van der Waals surface area contributed by atoms with Gasteiger partial charge in [-0.05, 0) is 37.9 Å². The fourth-order valence-electron chi connectivity index (χ4n) is 2.88. The molecule has 1 heterocycles. The average Bonchev–Trinajstić information content (AvgIpc) is 2.37. The first-order valence-corrected chi connectivity index (χ1v) is 6.93. The zero-order valence-corrected chi connectivity index (χ0v) is 12.1. The van der Waals surface area contributed by atoms with Crippen LogP contribution in [0.25, 0.3) is 0 Å². The van der Waals surface area contributed by atoms with Gasteiger partial charge >= 0.3 is 6.18 Å². The predicted molar refractivity (Wildman–Crippen MR) is 72.1 cm³/mol. The average molecular weight is 305 g/mol. The Hall–Kier alpha value is -1.30. The third-order valence-electron chi connectivity index (χ3n) is 3.85. The van der Waals surface area contributed by atoms with Crippen LogP contribution in [-0.4, -0.2) is 31.3 Å². The highest BCUT2D eigenvalue weighted by atomic mass is 19.4. The molecule has 1 aliphatic rings. The SMILES string of the molecule is COc1ccc(CN2CCCC(F)C2)c(C(F)(F)F)c1C. The smallest absolute Gasteiger partial charge is 0.417 e. The van der Waals surface area contributed by atoms with Gasteiger partial charge in [-0.3, -0.25) is 4.90 Å². The van der Waals surface area contributed by atoms with E-state index in [1.807, 2.05) is 0 Å². The van der Waals surface area contributed by atoms with Crippen LogP contribution in [0.2, 0.25) is 0 Å². The van der Waals surface area contributed by atoms with Crippen LogP contribution in [0.5, 0.6) is 5.75 Å². The first kappa shape index (κ1) is 16.1. The molecule has 0 saturated carbocycles. The zero-order chi connectivity index (χ0) is 15.6. The van der Waals surface area contributed by atoms with Crippen LogP contribution in [0.3, 0.4) is 0 Å². The van der Waals surface area contributed by atoms with Crippen molar-refractivity contribution in [1.82, 2.24) is 4.90 Å². The predicted octanol–water partition coefficient (Wildman–Crippen LogP) is 3.96. The van der Waals surface area contributed by atoms with Crippen molar-refractivity contribution >= 4 is 0 Å². The topological polar surface area (TPSA) is 12.5 Å². The quantitative estimate of drug-likeness (QED) is 0.784. The number of hydrogen-bond acceptors (Lipinski definition) is 2. The van der Waals surface area contributed by atoms with Crippen LogP contribution in [-0.2, 0) is 12.7 Å². The van der Waals surface area contributed by atoms with E-state index < -0.39 is 17.9 Å². The van der Waals surface area contributed by atoms with Crippen LogP contribution in [0.1, 0.15) is 29.5 Å². The second-order valence-corrected chi connectivity index (χ2v) is 5.40. The molecule has 1 aromatic carbocycles. The highest BCUT2D eigenvalue weighted by molar-refractivity contribution is 5.46. The van der Waals surface area contributed by atoms with E-state index >= 15 is 0 Å². The molecule has 1 saturated heterocycles. The molecule has 0 bridgehead atoms. The van der Waals surface area contributed by atoms with E-state index in [2.05, 4.69) is 0 Å². The molecule has 0 spiro atoms. The van der Waals surface area contributed by atoms with Crippen molar-refractivity contribution in [2.24, 2.45) is 0 Å². The second kappa shape index (κ2) is 6.22. The molecule has 2 nitrogen and oxygen atoms in total. The number of piperidine rings is 1. The number of hydrogen-bond donors (Lipinski definition) is 0. The molecule has 1 atom stereocenters. The van der Waals surface area contributed by atoms with Crippen molar-refractivity contribution < 1.29 is 22.3 Å². The van der Waals surface area contributed by atoms with E-state index in [4.69, 9.17) is 4.74 Å². The van der Waals surface area contributed by atoms with Gasteiger partial charge in [0.15, 0.2) is 0 Å². The largest absolute Gasteiger partial charge is 0.496 e. The molecule has 118 valence electrons. The Bertz CT molecular complexity index is 501. The highest BCUT2D eigenvalue weighted by Crippen LogP contribution is 2.38. The van der Waals surface area contributed by atoms with E-state index in [1.54, 1.807) is 4.90 Å². The number of rotatable bonds is 3. The van der Waals surface area contributed by atoms with Gasteiger partial charge in [0, 0.05) is 18.7 Å². The molecular weight excluding hydrogens is 286 g/mol. The monoisotopic (exact) mass is 305 g/mol. The molecule has 1 unspecified atom stereocenters. The van der Waals surface area contributed by atoms with E-state index in [9.17, 15) is 17.6 Å². The van der Waals surface area contributed by atoms with E-state index in [0.717, 1.165) is 0 Å². The van der Waals surface area contributed by atoms with Gasteiger partial charge in [-0.1, -0.05) is 6.07 Å². The Balaban J connectivity index is 2.32. The lowest BCUT2D eigenvalue weighted by Crippen LogP contribution is -2.36.